The number of hydrogen-bond donors (Lipinski definition) is 1. The lowest BCUT2D eigenvalue weighted by atomic mass is 9.42. The molecular formula is C26H31NO2. The van der Waals surface area contributed by atoms with E-state index in [2.05, 4.69) is 36.5 Å². The summed E-state index contributed by atoms with van der Waals surface area (Å²) in [6.07, 6.45) is 8.28. The minimum atomic E-state index is 0.163. The molecule has 0 aromatic heterocycles. The van der Waals surface area contributed by atoms with E-state index in [1.807, 2.05) is 24.3 Å². The Balaban J connectivity index is 1.35. The maximum atomic E-state index is 13.0. The van der Waals surface area contributed by atoms with Crippen molar-refractivity contribution in [1.29, 1.82) is 0 Å². The van der Waals surface area contributed by atoms with E-state index in [-0.39, 0.29) is 16.7 Å². The first-order valence-electron chi connectivity index (χ1n) is 11.0. The third kappa shape index (κ3) is 3.45. The summed E-state index contributed by atoms with van der Waals surface area (Å²) in [4.78, 5) is 13.0. The standard InChI is InChI=1S/C26H31NO2/c1-18-3-5-21(6-4-18)26-14-19-11-20(15-26)13-25(12-19,17-26)16-24(28)27-22-7-9-23(29-2)10-8-22/h3-10,19-20H,11-17H2,1-2H3,(H,27,28)/t19-,20-,25?,26?/m0/s1. The Labute approximate surface area is 173 Å². The van der Waals surface area contributed by atoms with Gasteiger partial charge in [0.15, 0.2) is 0 Å². The van der Waals surface area contributed by atoms with Gasteiger partial charge in [0.2, 0.25) is 5.91 Å². The van der Waals surface area contributed by atoms with Crippen molar-refractivity contribution in [2.24, 2.45) is 17.3 Å². The number of benzene rings is 2. The Bertz CT molecular complexity index is 885. The predicted octanol–water partition coefficient (Wildman–Crippen LogP) is 5.87. The number of ether oxygens (including phenoxy) is 1. The van der Waals surface area contributed by atoms with Gasteiger partial charge < -0.3 is 10.1 Å². The van der Waals surface area contributed by atoms with Crippen molar-refractivity contribution in [1.82, 2.24) is 0 Å². The van der Waals surface area contributed by atoms with Crippen LogP contribution in [0.3, 0.4) is 0 Å². The van der Waals surface area contributed by atoms with Gasteiger partial charge in [-0.3, -0.25) is 4.79 Å². The maximum Gasteiger partial charge on any atom is 0.224 e. The van der Waals surface area contributed by atoms with Crippen LogP contribution in [-0.4, -0.2) is 13.0 Å². The summed E-state index contributed by atoms with van der Waals surface area (Å²) in [6, 6.07) is 16.9. The molecule has 6 rings (SSSR count). The third-order valence-electron chi connectivity index (χ3n) is 7.76. The largest absolute Gasteiger partial charge is 0.497 e. The van der Waals surface area contributed by atoms with Crippen molar-refractivity contribution in [3.8, 4) is 5.75 Å². The molecule has 4 bridgehead atoms. The molecule has 2 aromatic carbocycles. The number of methoxy groups -OCH3 is 1. The molecule has 3 heteroatoms. The molecule has 4 aliphatic rings. The highest BCUT2D eigenvalue weighted by molar-refractivity contribution is 5.91. The molecule has 29 heavy (non-hydrogen) atoms. The van der Waals surface area contributed by atoms with E-state index in [1.54, 1.807) is 7.11 Å². The van der Waals surface area contributed by atoms with Crippen LogP contribution in [0.5, 0.6) is 5.75 Å². The molecule has 2 aromatic rings. The van der Waals surface area contributed by atoms with E-state index < -0.39 is 0 Å². The first-order valence-corrected chi connectivity index (χ1v) is 11.0. The number of anilines is 1. The van der Waals surface area contributed by atoms with Gasteiger partial charge in [0.25, 0.3) is 0 Å². The van der Waals surface area contributed by atoms with Crippen molar-refractivity contribution in [2.45, 2.75) is 57.3 Å². The molecular weight excluding hydrogens is 358 g/mol. The summed E-state index contributed by atoms with van der Waals surface area (Å²) in [5.74, 6) is 2.54. The highest BCUT2D eigenvalue weighted by Gasteiger charge is 2.58. The summed E-state index contributed by atoms with van der Waals surface area (Å²) in [5.41, 5.74) is 4.15. The molecule has 4 saturated carbocycles. The third-order valence-corrected chi connectivity index (χ3v) is 7.76. The monoisotopic (exact) mass is 389 g/mol. The summed E-state index contributed by atoms with van der Waals surface area (Å²) >= 11 is 0. The molecule has 0 radical (unpaired) electrons. The lowest BCUT2D eigenvalue weighted by Crippen LogP contribution is -2.54. The Morgan fingerprint density at radius 2 is 1.66 bits per heavy atom. The van der Waals surface area contributed by atoms with Crippen molar-refractivity contribution in [2.75, 3.05) is 12.4 Å². The van der Waals surface area contributed by atoms with Gasteiger partial charge >= 0.3 is 0 Å². The molecule has 1 amide bonds. The Kier molecular flexibility index (Phi) is 4.45. The molecule has 0 unspecified atom stereocenters. The van der Waals surface area contributed by atoms with Crippen LogP contribution >= 0.6 is 0 Å². The summed E-state index contributed by atoms with van der Waals surface area (Å²) < 4.78 is 5.21. The molecule has 0 heterocycles. The van der Waals surface area contributed by atoms with Crippen LogP contribution in [0.2, 0.25) is 0 Å². The Morgan fingerprint density at radius 3 is 2.28 bits per heavy atom. The number of amides is 1. The maximum absolute atomic E-state index is 13.0. The van der Waals surface area contributed by atoms with Gasteiger partial charge in [-0.25, -0.2) is 0 Å². The fourth-order valence-corrected chi connectivity index (χ4v) is 7.12. The number of aryl methyl sites for hydroxylation is 1. The first-order chi connectivity index (χ1) is 14.0. The predicted molar refractivity (Wildman–Crippen MR) is 116 cm³/mol. The SMILES string of the molecule is COc1ccc(NC(=O)CC23C[C@@H]4C[C@@H](C2)CC(c2ccc(C)cc2)(C4)C3)cc1. The molecule has 152 valence electrons. The fourth-order valence-electron chi connectivity index (χ4n) is 7.12. The smallest absolute Gasteiger partial charge is 0.224 e. The zero-order chi connectivity index (χ0) is 20.1. The summed E-state index contributed by atoms with van der Waals surface area (Å²) in [5, 5.41) is 3.13. The normalized spacial score (nSPS) is 32.2. The van der Waals surface area contributed by atoms with Gasteiger partial charge in [-0.05, 0) is 97.9 Å². The van der Waals surface area contributed by atoms with E-state index in [1.165, 1.54) is 49.7 Å². The molecule has 1 N–H and O–H groups in total. The molecule has 0 saturated heterocycles. The van der Waals surface area contributed by atoms with E-state index >= 15 is 0 Å². The van der Waals surface area contributed by atoms with Crippen LogP contribution in [0.4, 0.5) is 5.69 Å². The summed E-state index contributed by atoms with van der Waals surface area (Å²) in [6.45, 7) is 2.16. The zero-order valence-corrected chi connectivity index (χ0v) is 17.5. The van der Waals surface area contributed by atoms with E-state index in [0.29, 0.717) is 6.42 Å². The number of hydrogen-bond acceptors (Lipinski definition) is 2. The van der Waals surface area contributed by atoms with Crippen LogP contribution < -0.4 is 10.1 Å². The Morgan fingerprint density at radius 1 is 1.00 bits per heavy atom. The second-order valence-corrected chi connectivity index (χ2v) is 10.1. The highest BCUT2D eigenvalue weighted by atomic mass is 16.5. The molecule has 2 atom stereocenters. The topological polar surface area (TPSA) is 38.3 Å². The quantitative estimate of drug-likeness (QED) is 0.694. The van der Waals surface area contributed by atoms with Gasteiger partial charge in [0.1, 0.15) is 5.75 Å². The van der Waals surface area contributed by atoms with E-state index in [9.17, 15) is 4.79 Å². The molecule has 4 aliphatic carbocycles. The second-order valence-electron chi connectivity index (χ2n) is 10.1. The minimum Gasteiger partial charge on any atom is -0.497 e. The highest BCUT2D eigenvalue weighted by Crippen LogP contribution is 2.66. The number of rotatable bonds is 5. The van der Waals surface area contributed by atoms with Gasteiger partial charge in [-0.1, -0.05) is 29.8 Å². The van der Waals surface area contributed by atoms with Crippen LogP contribution in [0.1, 0.15) is 56.1 Å². The van der Waals surface area contributed by atoms with Crippen molar-refractivity contribution in [3.05, 3.63) is 59.7 Å². The van der Waals surface area contributed by atoms with Crippen LogP contribution in [0.15, 0.2) is 48.5 Å². The second kappa shape index (κ2) is 6.90. The van der Waals surface area contributed by atoms with Gasteiger partial charge in [0.05, 0.1) is 7.11 Å². The minimum absolute atomic E-state index is 0.163. The average Bonchev–Trinajstić information content (AvgIpc) is 2.67. The lowest BCUT2D eigenvalue weighted by molar-refractivity contribution is -0.126. The van der Waals surface area contributed by atoms with Crippen molar-refractivity contribution < 1.29 is 9.53 Å². The molecule has 3 nitrogen and oxygen atoms in total. The molecule has 0 aliphatic heterocycles. The van der Waals surface area contributed by atoms with Gasteiger partial charge in [0, 0.05) is 12.1 Å². The fraction of sp³-hybridized carbons (Fsp3) is 0.500. The van der Waals surface area contributed by atoms with Crippen LogP contribution in [0.25, 0.3) is 0 Å². The Hall–Kier alpha value is -2.29. The molecule has 4 fully saturated rings. The van der Waals surface area contributed by atoms with Crippen molar-refractivity contribution in [3.63, 3.8) is 0 Å². The van der Waals surface area contributed by atoms with Crippen LogP contribution in [-0.2, 0) is 10.2 Å². The summed E-state index contributed by atoms with van der Waals surface area (Å²) in [7, 11) is 1.66. The molecule has 0 spiro atoms. The van der Waals surface area contributed by atoms with Gasteiger partial charge in [-0.2, -0.15) is 0 Å². The van der Waals surface area contributed by atoms with Crippen molar-refractivity contribution >= 4 is 11.6 Å². The number of carbonyl (C=O) groups is 1. The van der Waals surface area contributed by atoms with Crippen LogP contribution in [0, 0.1) is 24.2 Å². The van der Waals surface area contributed by atoms with E-state index in [0.717, 1.165) is 23.3 Å². The van der Waals surface area contributed by atoms with Gasteiger partial charge in [-0.15, -0.1) is 0 Å². The zero-order valence-electron chi connectivity index (χ0n) is 17.5. The first kappa shape index (κ1) is 18.7. The number of nitrogens with one attached hydrogen (secondary N) is 1. The average molecular weight is 390 g/mol. The number of carbonyl (C=O) groups excluding carboxylic acids is 1. The lowest BCUT2D eigenvalue weighted by Gasteiger charge is -2.62. The van der Waals surface area contributed by atoms with E-state index in [4.69, 9.17) is 4.74 Å².